The van der Waals surface area contributed by atoms with Crippen molar-refractivity contribution in [2.75, 3.05) is 40.4 Å². The number of hydrogen-bond donors (Lipinski definition) is 1. The average Bonchev–Trinajstić information content (AvgIpc) is 3.08. The van der Waals surface area contributed by atoms with Crippen molar-refractivity contribution in [2.24, 2.45) is 11.8 Å². The van der Waals surface area contributed by atoms with E-state index < -0.39 is 10.0 Å². The van der Waals surface area contributed by atoms with Crippen LogP contribution in [-0.4, -0.2) is 53.1 Å². The van der Waals surface area contributed by atoms with Crippen LogP contribution in [-0.2, 0) is 10.0 Å². The molecule has 22 heavy (non-hydrogen) atoms. The zero-order valence-corrected chi connectivity index (χ0v) is 14.9. The predicted octanol–water partition coefficient (Wildman–Crippen LogP) is 1.31. The third-order valence-electron chi connectivity index (χ3n) is 4.41. The van der Waals surface area contributed by atoms with Gasteiger partial charge in [-0.3, -0.25) is 0 Å². The molecule has 0 spiro atoms. The Morgan fingerprint density at radius 3 is 2.27 bits per heavy atom. The highest BCUT2D eigenvalue weighted by molar-refractivity contribution is 9.10. The van der Waals surface area contributed by atoms with Gasteiger partial charge in [-0.25, -0.2) is 8.42 Å². The van der Waals surface area contributed by atoms with E-state index in [1.807, 2.05) is 0 Å². The lowest BCUT2D eigenvalue weighted by atomic mass is 10.0. The third-order valence-corrected chi connectivity index (χ3v) is 6.88. The molecule has 2 heterocycles. The van der Waals surface area contributed by atoms with E-state index in [0.717, 1.165) is 13.1 Å². The molecule has 122 valence electrons. The second-order valence-corrected chi connectivity index (χ2v) is 8.40. The van der Waals surface area contributed by atoms with E-state index in [1.165, 1.54) is 14.2 Å². The Bertz CT molecular complexity index is 668. The number of halogens is 1. The molecule has 0 aliphatic carbocycles. The van der Waals surface area contributed by atoms with Gasteiger partial charge in [0.1, 0.15) is 16.4 Å². The molecule has 2 saturated heterocycles. The number of nitrogens with zero attached hydrogens (tertiary/aromatic N) is 1. The molecule has 6 nitrogen and oxygen atoms in total. The maximum Gasteiger partial charge on any atom is 0.246 e. The fraction of sp³-hybridized carbons (Fsp3) is 0.571. The summed E-state index contributed by atoms with van der Waals surface area (Å²) in [6.45, 7) is 2.90. The molecule has 0 radical (unpaired) electrons. The molecule has 1 aromatic carbocycles. The number of rotatable bonds is 4. The first kappa shape index (κ1) is 16.0. The molecular weight excluding hydrogens is 372 g/mol. The van der Waals surface area contributed by atoms with Crippen LogP contribution in [0.4, 0.5) is 0 Å². The zero-order valence-electron chi connectivity index (χ0n) is 12.5. The number of benzene rings is 1. The van der Waals surface area contributed by atoms with Crippen molar-refractivity contribution in [1.82, 2.24) is 9.62 Å². The largest absolute Gasteiger partial charge is 0.495 e. The van der Waals surface area contributed by atoms with Crippen molar-refractivity contribution >= 4 is 26.0 Å². The van der Waals surface area contributed by atoms with Gasteiger partial charge >= 0.3 is 0 Å². The van der Waals surface area contributed by atoms with Gasteiger partial charge in [0.15, 0.2) is 0 Å². The van der Waals surface area contributed by atoms with Crippen LogP contribution in [0.25, 0.3) is 0 Å². The van der Waals surface area contributed by atoms with Gasteiger partial charge in [0.2, 0.25) is 10.0 Å². The molecular formula is C14H19BrN2O4S. The van der Waals surface area contributed by atoms with Crippen molar-refractivity contribution in [3.8, 4) is 11.5 Å². The third kappa shape index (κ3) is 2.62. The summed E-state index contributed by atoms with van der Waals surface area (Å²) in [6, 6.07) is 3.15. The van der Waals surface area contributed by atoms with Gasteiger partial charge < -0.3 is 14.8 Å². The Kier molecular flexibility index (Phi) is 4.37. The molecule has 0 amide bonds. The van der Waals surface area contributed by atoms with Crippen LogP contribution in [0.15, 0.2) is 21.5 Å². The van der Waals surface area contributed by atoms with Crippen LogP contribution >= 0.6 is 15.9 Å². The van der Waals surface area contributed by atoms with E-state index in [1.54, 1.807) is 16.4 Å². The molecule has 1 N–H and O–H groups in total. The molecule has 2 aliphatic rings. The second-order valence-electron chi connectivity index (χ2n) is 5.64. The van der Waals surface area contributed by atoms with E-state index in [4.69, 9.17) is 9.47 Å². The number of fused-ring (bicyclic) bond motifs is 1. The van der Waals surface area contributed by atoms with Gasteiger partial charge in [0.25, 0.3) is 0 Å². The quantitative estimate of drug-likeness (QED) is 0.839. The fourth-order valence-corrected chi connectivity index (χ4v) is 5.56. The van der Waals surface area contributed by atoms with Gasteiger partial charge in [-0.05, 0) is 46.9 Å². The summed E-state index contributed by atoms with van der Waals surface area (Å²) in [5, 5.41) is 3.31. The van der Waals surface area contributed by atoms with Crippen molar-refractivity contribution in [2.45, 2.75) is 4.90 Å². The molecule has 3 rings (SSSR count). The van der Waals surface area contributed by atoms with Gasteiger partial charge in [-0.15, -0.1) is 0 Å². The van der Waals surface area contributed by atoms with Gasteiger partial charge in [-0.2, -0.15) is 4.31 Å². The number of sulfonamides is 1. The summed E-state index contributed by atoms with van der Waals surface area (Å²) >= 11 is 3.35. The first-order valence-corrected chi connectivity index (χ1v) is 9.33. The summed E-state index contributed by atoms with van der Waals surface area (Å²) in [6.07, 6.45) is 0. The van der Waals surface area contributed by atoms with Gasteiger partial charge in [0.05, 0.1) is 18.7 Å². The first-order chi connectivity index (χ1) is 10.5. The highest BCUT2D eigenvalue weighted by Gasteiger charge is 2.42. The van der Waals surface area contributed by atoms with Gasteiger partial charge in [0, 0.05) is 19.2 Å². The Labute approximate surface area is 139 Å². The average molecular weight is 391 g/mol. The smallest absolute Gasteiger partial charge is 0.246 e. The van der Waals surface area contributed by atoms with Crippen LogP contribution in [0.5, 0.6) is 11.5 Å². The Morgan fingerprint density at radius 2 is 1.73 bits per heavy atom. The fourth-order valence-electron chi connectivity index (χ4n) is 3.18. The lowest BCUT2D eigenvalue weighted by Gasteiger charge is -2.20. The molecule has 1 aromatic rings. The minimum Gasteiger partial charge on any atom is -0.495 e. The number of hydrogen-bond acceptors (Lipinski definition) is 5. The van der Waals surface area contributed by atoms with E-state index in [-0.39, 0.29) is 4.90 Å². The minimum atomic E-state index is -3.58. The highest BCUT2D eigenvalue weighted by Crippen LogP contribution is 2.38. The van der Waals surface area contributed by atoms with E-state index in [2.05, 4.69) is 21.2 Å². The van der Waals surface area contributed by atoms with Gasteiger partial charge in [-0.1, -0.05) is 0 Å². The topological polar surface area (TPSA) is 67.9 Å². The number of nitrogens with one attached hydrogen (secondary N) is 1. The lowest BCUT2D eigenvalue weighted by molar-refractivity contribution is 0.381. The monoisotopic (exact) mass is 390 g/mol. The molecule has 8 heteroatoms. The van der Waals surface area contributed by atoms with E-state index >= 15 is 0 Å². The second kappa shape index (κ2) is 5.99. The van der Waals surface area contributed by atoms with Crippen molar-refractivity contribution in [1.29, 1.82) is 0 Å². The predicted molar refractivity (Wildman–Crippen MR) is 85.9 cm³/mol. The Morgan fingerprint density at radius 1 is 1.14 bits per heavy atom. The van der Waals surface area contributed by atoms with Crippen molar-refractivity contribution in [3.05, 3.63) is 16.6 Å². The Hall–Kier alpha value is -0.830. The van der Waals surface area contributed by atoms with Crippen molar-refractivity contribution in [3.63, 3.8) is 0 Å². The van der Waals surface area contributed by atoms with Crippen LogP contribution in [0.2, 0.25) is 0 Å². The maximum absolute atomic E-state index is 13.0. The Balaban J connectivity index is 1.97. The summed E-state index contributed by atoms with van der Waals surface area (Å²) in [4.78, 5) is 0.176. The molecule has 0 aromatic heterocycles. The maximum atomic E-state index is 13.0. The van der Waals surface area contributed by atoms with Crippen molar-refractivity contribution < 1.29 is 17.9 Å². The number of ether oxygens (including phenoxy) is 2. The summed E-state index contributed by atoms with van der Waals surface area (Å²) in [5.41, 5.74) is 0. The molecule has 2 atom stereocenters. The van der Waals surface area contributed by atoms with Crippen LogP contribution < -0.4 is 14.8 Å². The zero-order chi connectivity index (χ0) is 15.9. The van der Waals surface area contributed by atoms with E-state index in [9.17, 15) is 8.42 Å². The van der Waals surface area contributed by atoms with Crippen LogP contribution in [0, 0.1) is 11.8 Å². The minimum absolute atomic E-state index is 0.176. The molecule has 2 fully saturated rings. The summed E-state index contributed by atoms with van der Waals surface area (Å²) < 4.78 is 38.5. The molecule has 0 saturated carbocycles. The van der Waals surface area contributed by atoms with Crippen LogP contribution in [0.3, 0.4) is 0 Å². The SMILES string of the molecule is COc1cc(OC)c(S(=O)(=O)N2C[C@H]3CNC[C@H]3C2)cc1Br. The summed E-state index contributed by atoms with van der Waals surface area (Å²) in [5.74, 6) is 1.65. The lowest BCUT2D eigenvalue weighted by Crippen LogP contribution is -2.32. The number of methoxy groups -OCH3 is 2. The standard InChI is InChI=1S/C14H19BrN2O4S/c1-20-12-4-13(21-2)14(3-11(12)15)22(18,19)17-7-9-5-16-6-10(9)8-17/h3-4,9-10,16H,5-8H2,1-2H3/t9-,10+. The highest BCUT2D eigenvalue weighted by atomic mass is 79.9. The normalized spacial score (nSPS) is 25.2. The molecule has 0 unspecified atom stereocenters. The van der Waals surface area contributed by atoms with E-state index in [0.29, 0.717) is 40.9 Å². The molecule has 0 bridgehead atoms. The summed E-state index contributed by atoms with van der Waals surface area (Å²) in [7, 11) is -0.583. The first-order valence-electron chi connectivity index (χ1n) is 7.09. The van der Waals surface area contributed by atoms with Crippen LogP contribution in [0.1, 0.15) is 0 Å². The molecule has 2 aliphatic heterocycles.